The molecule has 0 aliphatic heterocycles. The molecule has 0 saturated carbocycles. The lowest BCUT2D eigenvalue weighted by atomic mass is 10.2. The normalized spacial score (nSPS) is 11.6. The van der Waals surface area contributed by atoms with Gasteiger partial charge in [0.2, 0.25) is 10.0 Å². The van der Waals surface area contributed by atoms with Gasteiger partial charge < -0.3 is 0 Å². The molecule has 22 heavy (non-hydrogen) atoms. The largest absolute Gasteiger partial charge is 0.298 e. The number of benzene rings is 1. The third-order valence-corrected chi connectivity index (χ3v) is 5.21. The summed E-state index contributed by atoms with van der Waals surface area (Å²) < 4.78 is 26.8. The number of halogens is 1. The molecule has 1 amide bonds. The SMILES string of the molecule is CC(C)NS(=O)(=O)c1ccc(Cl)c(C(=O)Nc2nccs2)c1. The Hall–Kier alpha value is -1.48. The van der Waals surface area contributed by atoms with Crippen molar-refractivity contribution < 1.29 is 13.2 Å². The number of anilines is 1. The molecular formula is C13H14ClN3O3S2. The summed E-state index contributed by atoms with van der Waals surface area (Å²) in [5.41, 5.74) is 0.0727. The maximum atomic E-state index is 12.2. The molecule has 0 bridgehead atoms. The highest BCUT2D eigenvalue weighted by Crippen LogP contribution is 2.22. The fraction of sp³-hybridized carbons (Fsp3) is 0.231. The average Bonchev–Trinajstić information content (AvgIpc) is 2.90. The molecule has 0 aliphatic carbocycles. The van der Waals surface area contributed by atoms with Crippen LogP contribution in [-0.4, -0.2) is 25.4 Å². The summed E-state index contributed by atoms with van der Waals surface area (Å²) in [6, 6.07) is 3.73. The molecule has 6 nitrogen and oxygen atoms in total. The molecule has 0 radical (unpaired) electrons. The van der Waals surface area contributed by atoms with Gasteiger partial charge in [0.05, 0.1) is 15.5 Å². The highest BCUT2D eigenvalue weighted by Gasteiger charge is 2.20. The van der Waals surface area contributed by atoms with E-state index in [9.17, 15) is 13.2 Å². The van der Waals surface area contributed by atoms with Gasteiger partial charge in [0.25, 0.3) is 5.91 Å². The molecule has 0 aliphatic rings. The van der Waals surface area contributed by atoms with Crippen molar-refractivity contribution in [1.82, 2.24) is 9.71 Å². The Bertz CT molecular complexity index is 774. The van der Waals surface area contributed by atoms with Gasteiger partial charge in [0.1, 0.15) is 0 Å². The summed E-state index contributed by atoms with van der Waals surface area (Å²) in [6.45, 7) is 3.42. The topological polar surface area (TPSA) is 88.2 Å². The third kappa shape index (κ3) is 4.04. The fourth-order valence-electron chi connectivity index (χ4n) is 1.67. The summed E-state index contributed by atoms with van der Waals surface area (Å²) in [4.78, 5) is 16.1. The molecule has 1 aromatic heterocycles. The van der Waals surface area contributed by atoms with E-state index in [4.69, 9.17) is 11.6 Å². The van der Waals surface area contributed by atoms with Crippen molar-refractivity contribution in [2.45, 2.75) is 24.8 Å². The number of thiazole rings is 1. The first-order valence-corrected chi connectivity index (χ1v) is 9.06. The van der Waals surface area contributed by atoms with E-state index in [2.05, 4.69) is 15.0 Å². The van der Waals surface area contributed by atoms with Crippen LogP contribution in [0.4, 0.5) is 5.13 Å². The predicted octanol–water partition coefficient (Wildman–Crippen LogP) is 2.74. The molecule has 1 heterocycles. The summed E-state index contributed by atoms with van der Waals surface area (Å²) in [7, 11) is -3.70. The minimum absolute atomic E-state index is 0.0186. The number of carbonyl (C=O) groups excluding carboxylic acids is 1. The van der Waals surface area contributed by atoms with Crippen molar-refractivity contribution in [2.75, 3.05) is 5.32 Å². The highest BCUT2D eigenvalue weighted by atomic mass is 35.5. The van der Waals surface area contributed by atoms with E-state index in [0.29, 0.717) is 5.13 Å². The molecule has 0 fully saturated rings. The number of rotatable bonds is 5. The van der Waals surface area contributed by atoms with Crippen LogP contribution in [0.5, 0.6) is 0 Å². The first-order chi connectivity index (χ1) is 10.3. The number of hydrogen-bond acceptors (Lipinski definition) is 5. The van der Waals surface area contributed by atoms with E-state index in [0.717, 1.165) is 0 Å². The van der Waals surface area contributed by atoms with Crippen molar-refractivity contribution in [3.05, 3.63) is 40.4 Å². The molecule has 2 rings (SSSR count). The number of nitrogens with one attached hydrogen (secondary N) is 2. The van der Waals surface area contributed by atoms with Crippen LogP contribution in [0.3, 0.4) is 0 Å². The predicted molar refractivity (Wildman–Crippen MR) is 87.0 cm³/mol. The first kappa shape index (κ1) is 16.9. The number of carbonyl (C=O) groups is 1. The third-order valence-electron chi connectivity index (χ3n) is 2.54. The number of amides is 1. The van der Waals surface area contributed by atoms with E-state index in [1.807, 2.05) is 0 Å². The average molecular weight is 360 g/mol. The van der Waals surface area contributed by atoms with E-state index in [-0.39, 0.29) is 21.5 Å². The van der Waals surface area contributed by atoms with E-state index < -0.39 is 15.9 Å². The molecule has 2 N–H and O–H groups in total. The maximum absolute atomic E-state index is 12.2. The van der Waals surface area contributed by atoms with Gasteiger partial charge in [0, 0.05) is 17.6 Å². The van der Waals surface area contributed by atoms with Gasteiger partial charge in [-0.25, -0.2) is 18.1 Å². The molecule has 0 unspecified atom stereocenters. The van der Waals surface area contributed by atoms with Crippen molar-refractivity contribution in [3.63, 3.8) is 0 Å². The van der Waals surface area contributed by atoms with Gasteiger partial charge in [0.15, 0.2) is 5.13 Å². The van der Waals surface area contributed by atoms with Crippen LogP contribution in [0.25, 0.3) is 0 Å². The van der Waals surface area contributed by atoms with Gasteiger partial charge in [-0.05, 0) is 32.0 Å². The Kier molecular flexibility index (Phi) is 5.17. The highest BCUT2D eigenvalue weighted by molar-refractivity contribution is 7.89. The second-order valence-electron chi connectivity index (χ2n) is 4.71. The zero-order valence-electron chi connectivity index (χ0n) is 11.8. The van der Waals surface area contributed by atoms with Gasteiger partial charge in [-0.3, -0.25) is 10.1 Å². The molecule has 0 spiro atoms. The molecule has 1 aromatic carbocycles. The van der Waals surface area contributed by atoms with E-state index >= 15 is 0 Å². The van der Waals surface area contributed by atoms with Gasteiger partial charge in [-0.15, -0.1) is 11.3 Å². The maximum Gasteiger partial charge on any atom is 0.259 e. The van der Waals surface area contributed by atoms with Gasteiger partial charge in [-0.1, -0.05) is 11.6 Å². The van der Waals surface area contributed by atoms with Crippen molar-refractivity contribution in [2.24, 2.45) is 0 Å². The summed E-state index contributed by atoms with van der Waals surface area (Å²) >= 11 is 7.25. The number of sulfonamides is 1. The zero-order valence-corrected chi connectivity index (χ0v) is 14.2. The standard InChI is InChI=1S/C13H14ClN3O3S2/c1-8(2)17-22(19,20)9-3-4-11(14)10(7-9)12(18)16-13-15-5-6-21-13/h3-8,17H,1-2H3,(H,15,16,18). The molecule has 0 saturated heterocycles. The van der Waals surface area contributed by atoms with Crippen LogP contribution >= 0.6 is 22.9 Å². The zero-order chi connectivity index (χ0) is 16.3. The lowest BCUT2D eigenvalue weighted by Gasteiger charge is -2.11. The second kappa shape index (κ2) is 6.74. The van der Waals surface area contributed by atoms with Crippen LogP contribution in [0, 0.1) is 0 Å². The lowest BCUT2D eigenvalue weighted by molar-refractivity contribution is 0.102. The minimum atomic E-state index is -3.70. The monoisotopic (exact) mass is 359 g/mol. The summed E-state index contributed by atoms with van der Waals surface area (Å²) in [5, 5.41) is 4.86. The molecular weight excluding hydrogens is 346 g/mol. The lowest BCUT2D eigenvalue weighted by Crippen LogP contribution is -2.30. The fourth-order valence-corrected chi connectivity index (χ4v) is 3.68. The summed E-state index contributed by atoms with van der Waals surface area (Å²) in [5.74, 6) is -0.512. The Morgan fingerprint density at radius 2 is 2.09 bits per heavy atom. The molecule has 2 aromatic rings. The summed E-state index contributed by atoms with van der Waals surface area (Å²) in [6.07, 6.45) is 1.55. The number of aromatic nitrogens is 1. The van der Waals surface area contributed by atoms with E-state index in [1.165, 1.54) is 29.5 Å². The van der Waals surface area contributed by atoms with Crippen molar-refractivity contribution in [3.8, 4) is 0 Å². The Balaban J connectivity index is 2.33. The molecule has 9 heteroatoms. The number of hydrogen-bond donors (Lipinski definition) is 2. The van der Waals surface area contributed by atoms with Crippen LogP contribution in [0.15, 0.2) is 34.7 Å². The van der Waals surface area contributed by atoms with Gasteiger partial charge >= 0.3 is 0 Å². The van der Waals surface area contributed by atoms with Gasteiger partial charge in [-0.2, -0.15) is 0 Å². The Labute approximate surface area is 137 Å². The Morgan fingerprint density at radius 3 is 2.68 bits per heavy atom. The second-order valence-corrected chi connectivity index (χ2v) is 7.72. The minimum Gasteiger partial charge on any atom is -0.298 e. The molecule has 0 atom stereocenters. The van der Waals surface area contributed by atoms with Crippen molar-refractivity contribution >= 4 is 44.0 Å². The van der Waals surface area contributed by atoms with E-state index in [1.54, 1.807) is 25.4 Å². The van der Waals surface area contributed by atoms with Crippen LogP contribution < -0.4 is 10.0 Å². The number of nitrogens with zero attached hydrogens (tertiary/aromatic N) is 1. The smallest absolute Gasteiger partial charge is 0.259 e. The quantitative estimate of drug-likeness (QED) is 0.859. The first-order valence-electron chi connectivity index (χ1n) is 6.32. The van der Waals surface area contributed by atoms with Crippen LogP contribution in [0.2, 0.25) is 5.02 Å². The molecule has 118 valence electrons. The van der Waals surface area contributed by atoms with Crippen LogP contribution in [0.1, 0.15) is 24.2 Å². The van der Waals surface area contributed by atoms with Crippen LogP contribution in [-0.2, 0) is 10.0 Å². The Morgan fingerprint density at radius 1 is 1.36 bits per heavy atom. The van der Waals surface area contributed by atoms with Crippen molar-refractivity contribution in [1.29, 1.82) is 0 Å².